The lowest BCUT2D eigenvalue weighted by molar-refractivity contribution is -0.0512. The van der Waals surface area contributed by atoms with Crippen LogP contribution in [0.15, 0.2) is 66.7 Å². The number of nitrogens with zero attached hydrogens (tertiary/aromatic N) is 2. The van der Waals surface area contributed by atoms with Gasteiger partial charge in [0.25, 0.3) is 5.91 Å². The van der Waals surface area contributed by atoms with E-state index < -0.39 is 12.5 Å². The Morgan fingerprint density at radius 2 is 1.77 bits per heavy atom. The number of anilines is 1. The summed E-state index contributed by atoms with van der Waals surface area (Å²) < 4.78 is 36.4. The Balaban J connectivity index is 1.52. The van der Waals surface area contributed by atoms with E-state index in [1.807, 2.05) is 48.0 Å². The molecule has 158 valence electrons. The van der Waals surface area contributed by atoms with Crippen LogP contribution in [0.4, 0.5) is 14.5 Å². The highest BCUT2D eigenvalue weighted by Gasteiger charge is 2.15. The van der Waals surface area contributed by atoms with Crippen LogP contribution in [0.2, 0.25) is 0 Å². The first kappa shape index (κ1) is 20.3. The number of amides is 1. The number of hydrogen-bond donors (Lipinski definition) is 1. The fourth-order valence-electron chi connectivity index (χ4n) is 3.31. The topological polar surface area (TPSA) is 65.4 Å². The molecule has 0 fully saturated rings. The summed E-state index contributed by atoms with van der Waals surface area (Å²) in [6.45, 7) is -2.98. The van der Waals surface area contributed by atoms with Gasteiger partial charge in [-0.2, -0.15) is 8.78 Å². The van der Waals surface area contributed by atoms with Gasteiger partial charge >= 0.3 is 6.61 Å². The summed E-state index contributed by atoms with van der Waals surface area (Å²) in [5.41, 5.74) is 3.68. The normalized spacial score (nSPS) is 11.0. The summed E-state index contributed by atoms with van der Waals surface area (Å²) in [6.07, 6.45) is 0. The Bertz CT molecular complexity index is 1240. The van der Waals surface area contributed by atoms with E-state index >= 15 is 0 Å². The lowest BCUT2D eigenvalue weighted by atomic mass is 10.1. The van der Waals surface area contributed by atoms with Gasteiger partial charge in [0, 0.05) is 23.9 Å². The van der Waals surface area contributed by atoms with Crippen LogP contribution >= 0.6 is 0 Å². The van der Waals surface area contributed by atoms with Crippen LogP contribution in [0.5, 0.6) is 11.5 Å². The molecule has 0 aliphatic heterocycles. The predicted molar refractivity (Wildman–Crippen MR) is 114 cm³/mol. The second kappa shape index (κ2) is 8.43. The fourth-order valence-corrected chi connectivity index (χ4v) is 3.31. The SMILES string of the molecule is COc1cc(C(=O)Nc2ccc(-c3nc4ccccc4n3C)cc2)ccc1OC(F)F. The Kier molecular flexibility index (Phi) is 5.53. The summed E-state index contributed by atoms with van der Waals surface area (Å²) in [7, 11) is 3.27. The van der Waals surface area contributed by atoms with Gasteiger partial charge in [-0.3, -0.25) is 4.79 Å². The maximum Gasteiger partial charge on any atom is 0.387 e. The Labute approximate surface area is 177 Å². The first-order chi connectivity index (χ1) is 15.0. The highest BCUT2D eigenvalue weighted by Crippen LogP contribution is 2.30. The number of aryl methyl sites for hydroxylation is 1. The van der Waals surface area contributed by atoms with E-state index in [0.29, 0.717) is 5.69 Å². The quantitative estimate of drug-likeness (QED) is 0.469. The van der Waals surface area contributed by atoms with Gasteiger partial charge in [0.1, 0.15) is 5.82 Å². The second-order valence-corrected chi connectivity index (χ2v) is 6.76. The minimum absolute atomic E-state index is 0.0464. The number of carbonyl (C=O) groups is 1. The standard InChI is InChI=1S/C23H19F2N3O3/c1-28-18-6-4-3-5-17(18)27-21(28)14-7-10-16(11-8-14)26-22(29)15-9-12-19(31-23(24)25)20(13-15)30-2/h3-13,23H,1-2H3,(H,26,29). The number of aromatic nitrogens is 2. The van der Waals surface area contributed by atoms with Crippen molar-refractivity contribution >= 4 is 22.6 Å². The molecule has 4 aromatic rings. The van der Waals surface area contributed by atoms with E-state index in [9.17, 15) is 13.6 Å². The monoisotopic (exact) mass is 423 g/mol. The summed E-state index contributed by atoms with van der Waals surface area (Å²) >= 11 is 0. The third-order valence-electron chi connectivity index (χ3n) is 4.83. The van der Waals surface area contributed by atoms with Crippen molar-refractivity contribution in [3.05, 3.63) is 72.3 Å². The molecule has 0 aliphatic carbocycles. The van der Waals surface area contributed by atoms with Crippen molar-refractivity contribution in [2.45, 2.75) is 6.61 Å². The average Bonchev–Trinajstić information content (AvgIpc) is 3.11. The largest absolute Gasteiger partial charge is 0.493 e. The number of alkyl halides is 2. The average molecular weight is 423 g/mol. The number of rotatable bonds is 6. The lowest BCUT2D eigenvalue weighted by Gasteiger charge is -2.12. The maximum absolute atomic E-state index is 12.6. The van der Waals surface area contributed by atoms with Gasteiger partial charge in [0.15, 0.2) is 11.5 Å². The molecule has 0 saturated carbocycles. The molecule has 1 heterocycles. The van der Waals surface area contributed by atoms with E-state index in [4.69, 9.17) is 4.74 Å². The van der Waals surface area contributed by atoms with E-state index in [-0.39, 0.29) is 17.1 Å². The molecule has 1 amide bonds. The number of ether oxygens (including phenoxy) is 2. The highest BCUT2D eigenvalue weighted by molar-refractivity contribution is 6.04. The smallest absolute Gasteiger partial charge is 0.387 e. The van der Waals surface area contributed by atoms with Crippen LogP contribution < -0.4 is 14.8 Å². The molecule has 0 saturated heterocycles. The number of benzene rings is 3. The molecule has 0 atom stereocenters. The summed E-state index contributed by atoms with van der Waals surface area (Å²) in [6, 6.07) is 19.2. The number of para-hydroxylation sites is 2. The number of imidazole rings is 1. The molecule has 6 nitrogen and oxygen atoms in total. The molecule has 0 radical (unpaired) electrons. The van der Waals surface area contributed by atoms with Crippen LogP contribution in [0.1, 0.15) is 10.4 Å². The minimum atomic E-state index is -2.98. The molecular formula is C23H19F2N3O3. The van der Waals surface area contributed by atoms with E-state index in [1.165, 1.54) is 25.3 Å². The third kappa shape index (κ3) is 4.18. The van der Waals surface area contributed by atoms with Crippen molar-refractivity contribution < 1.29 is 23.0 Å². The first-order valence-electron chi connectivity index (χ1n) is 9.42. The molecular weight excluding hydrogens is 404 g/mol. The summed E-state index contributed by atoms with van der Waals surface area (Å²) in [4.78, 5) is 17.2. The van der Waals surface area contributed by atoms with Gasteiger partial charge in [-0.05, 0) is 54.6 Å². The van der Waals surface area contributed by atoms with Crippen molar-refractivity contribution in [1.29, 1.82) is 0 Å². The summed E-state index contributed by atoms with van der Waals surface area (Å²) in [5, 5.41) is 2.78. The van der Waals surface area contributed by atoms with Crippen molar-refractivity contribution in [2.75, 3.05) is 12.4 Å². The van der Waals surface area contributed by atoms with Gasteiger partial charge in [-0.1, -0.05) is 12.1 Å². The molecule has 0 bridgehead atoms. The second-order valence-electron chi connectivity index (χ2n) is 6.76. The molecule has 0 spiro atoms. The van der Waals surface area contributed by atoms with Gasteiger partial charge in [0.05, 0.1) is 18.1 Å². The van der Waals surface area contributed by atoms with Crippen molar-refractivity contribution in [1.82, 2.24) is 9.55 Å². The molecule has 31 heavy (non-hydrogen) atoms. The van der Waals surface area contributed by atoms with Crippen LogP contribution in [-0.2, 0) is 7.05 Å². The van der Waals surface area contributed by atoms with E-state index in [0.717, 1.165) is 22.4 Å². The first-order valence-corrected chi connectivity index (χ1v) is 9.42. The Hall–Kier alpha value is -3.94. The van der Waals surface area contributed by atoms with E-state index in [1.54, 1.807) is 12.1 Å². The van der Waals surface area contributed by atoms with Crippen LogP contribution in [-0.4, -0.2) is 29.2 Å². The van der Waals surface area contributed by atoms with Crippen LogP contribution in [0.25, 0.3) is 22.4 Å². The number of methoxy groups -OCH3 is 1. The van der Waals surface area contributed by atoms with E-state index in [2.05, 4.69) is 15.0 Å². The number of hydrogen-bond acceptors (Lipinski definition) is 4. The van der Waals surface area contributed by atoms with Crippen LogP contribution in [0, 0.1) is 0 Å². The fraction of sp³-hybridized carbons (Fsp3) is 0.130. The zero-order chi connectivity index (χ0) is 22.0. The van der Waals surface area contributed by atoms with Gasteiger partial charge < -0.3 is 19.4 Å². The Morgan fingerprint density at radius 3 is 2.45 bits per heavy atom. The van der Waals surface area contributed by atoms with Gasteiger partial charge in [0.2, 0.25) is 0 Å². The number of halogens is 2. The summed E-state index contributed by atoms with van der Waals surface area (Å²) in [5.74, 6) is 0.321. The minimum Gasteiger partial charge on any atom is -0.493 e. The van der Waals surface area contributed by atoms with Crippen molar-refractivity contribution in [3.63, 3.8) is 0 Å². The number of fused-ring (bicyclic) bond motifs is 1. The molecule has 3 aromatic carbocycles. The van der Waals surface area contributed by atoms with Crippen LogP contribution in [0.3, 0.4) is 0 Å². The zero-order valence-electron chi connectivity index (χ0n) is 16.8. The lowest BCUT2D eigenvalue weighted by Crippen LogP contribution is -2.12. The number of carbonyl (C=O) groups excluding carboxylic acids is 1. The van der Waals surface area contributed by atoms with Gasteiger partial charge in [-0.25, -0.2) is 4.98 Å². The molecule has 0 aliphatic rings. The molecule has 8 heteroatoms. The molecule has 0 unspecified atom stereocenters. The zero-order valence-corrected chi connectivity index (χ0v) is 16.8. The van der Waals surface area contributed by atoms with Crippen molar-refractivity contribution in [3.8, 4) is 22.9 Å². The maximum atomic E-state index is 12.6. The van der Waals surface area contributed by atoms with Gasteiger partial charge in [-0.15, -0.1) is 0 Å². The predicted octanol–water partition coefficient (Wildman–Crippen LogP) is 5.10. The van der Waals surface area contributed by atoms with Crippen molar-refractivity contribution in [2.24, 2.45) is 7.05 Å². The molecule has 1 N–H and O–H groups in total. The molecule has 1 aromatic heterocycles. The molecule has 4 rings (SSSR count). The third-order valence-corrected chi connectivity index (χ3v) is 4.83. The highest BCUT2D eigenvalue weighted by atomic mass is 19.3. The number of nitrogens with one attached hydrogen (secondary N) is 1. The Morgan fingerprint density at radius 1 is 1.03 bits per heavy atom.